The van der Waals surface area contributed by atoms with Gasteiger partial charge in [0.25, 0.3) is 0 Å². The fourth-order valence-electron chi connectivity index (χ4n) is 2.07. The summed E-state index contributed by atoms with van der Waals surface area (Å²) >= 11 is 0. The first-order chi connectivity index (χ1) is 10.2. The van der Waals surface area contributed by atoms with E-state index in [1.807, 2.05) is 30.3 Å². The topological polar surface area (TPSA) is 76.2 Å². The lowest BCUT2D eigenvalue weighted by Gasteiger charge is -2.02. The number of nitrogens with zero attached hydrogens (tertiary/aromatic N) is 2. The van der Waals surface area contributed by atoms with Crippen LogP contribution in [0.5, 0.6) is 0 Å². The van der Waals surface area contributed by atoms with Crippen LogP contribution in [-0.4, -0.2) is 21.3 Å². The summed E-state index contributed by atoms with van der Waals surface area (Å²) in [6, 6.07) is 16.2. The molecule has 5 heteroatoms. The van der Waals surface area contributed by atoms with E-state index in [9.17, 15) is 4.79 Å². The zero-order valence-corrected chi connectivity index (χ0v) is 11.1. The maximum atomic E-state index is 11.2. The number of rotatable bonds is 4. The van der Waals surface area contributed by atoms with Crippen molar-refractivity contribution in [3.63, 3.8) is 0 Å². The molecular weight excluding hydrogens is 268 g/mol. The number of aromatic nitrogens is 2. The van der Waals surface area contributed by atoms with Crippen LogP contribution >= 0.6 is 0 Å². The Hall–Kier alpha value is -2.95. The van der Waals surface area contributed by atoms with Gasteiger partial charge in [-0.3, -0.25) is 0 Å². The van der Waals surface area contributed by atoms with Crippen LogP contribution in [0.3, 0.4) is 0 Å². The Morgan fingerprint density at radius 1 is 1.00 bits per heavy atom. The molecule has 1 aromatic heterocycles. The van der Waals surface area contributed by atoms with Crippen molar-refractivity contribution in [3.8, 4) is 11.5 Å². The molecule has 3 rings (SSSR count). The van der Waals surface area contributed by atoms with Crippen LogP contribution in [0, 0.1) is 0 Å². The molecule has 0 aliphatic heterocycles. The van der Waals surface area contributed by atoms with Crippen LogP contribution in [0.25, 0.3) is 11.5 Å². The van der Waals surface area contributed by atoms with Gasteiger partial charge in [0.05, 0.1) is 12.0 Å². The van der Waals surface area contributed by atoms with E-state index in [0.717, 1.165) is 5.56 Å². The second kappa shape index (κ2) is 5.58. The Balaban J connectivity index is 1.87. The highest BCUT2D eigenvalue weighted by molar-refractivity contribution is 5.89. The van der Waals surface area contributed by atoms with Crippen molar-refractivity contribution in [2.75, 3.05) is 0 Å². The van der Waals surface area contributed by atoms with Crippen LogP contribution < -0.4 is 0 Å². The van der Waals surface area contributed by atoms with Gasteiger partial charge in [-0.1, -0.05) is 36.4 Å². The van der Waals surface area contributed by atoms with Crippen molar-refractivity contribution in [2.45, 2.75) is 6.42 Å². The average molecular weight is 280 g/mol. The maximum absolute atomic E-state index is 11.2. The van der Waals surface area contributed by atoms with Gasteiger partial charge >= 0.3 is 5.97 Å². The smallest absolute Gasteiger partial charge is 0.335 e. The summed E-state index contributed by atoms with van der Waals surface area (Å²) in [5, 5.41) is 17.1. The molecule has 0 saturated carbocycles. The highest BCUT2D eigenvalue weighted by Crippen LogP contribution is 2.19. The molecule has 0 fully saturated rings. The van der Waals surface area contributed by atoms with Gasteiger partial charge in [-0.05, 0) is 23.8 Å². The Bertz CT molecular complexity index is 766. The molecule has 0 atom stereocenters. The van der Waals surface area contributed by atoms with Crippen LogP contribution in [0.1, 0.15) is 21.8 Å². The molecule has 0 radical (unpaired) electrons. The summed E-state index contributed by atoms with van der Waals surface area (Å²) in [5.41, 5.74) is 1.73. The maximum Gasteiger partial charge on any atom is 0.335 e. The Labute approximate surface area is 120 Å². The summed E-state index contributed by atoms with van der Waals surface area (Å²) in [6.45, 7) is 0. The van der Waals surface area contributed by atoms with Crippen molar-refractivity contribution >= 4 is 5.97 Å². The van der Waals surface area contributed by atoms with Crippen LogP contribution in [0.4, 0.5) is 0 Å². The third-order valence-corrected chi connectivity index (χ3v) is 3.08. The molecule has 3 aromatic rings. The SMILES string of the molecule is O=C(O)c1ccccc1Cc1nnc(-c2ccccc2)o1. The molecule has 1 heterocycles. The first-order valence-electron chi connectivity index (χ1n) is 6.43. The number of benzene rings is 2. The highest BCUT2D eigenvalue weighted by atomic mass is 16.4. The van der Waals surface area contributed by atoms with Crippen LogP contribution in [0.15, 0.2) is 59.0 Å². The second-order valence-electron chi connectivity index (χ2n) is 4.51. The van der Waals surface area contributed by atoms with Gasteiger partial charge in [0.2, 0.25) is 11.8 Å². The molecule has 5 nitrogen and oxygen atoms in total. The molecule has 0 spiro atoms. The van der Waals surface area contributed by atoms with Gasteiger partial charge in [-0.15, -0.1) is 10.2 Å². The first-order valence-corrected chi connectivity index (χ1v) is 6.43. The van der Waals surface area contributed by atoms with Gasteiger partial charge < -0.3 is 9.52 Å². The van der Waals surface area contributed by atoms with E-state index < -0.39 is 5.97 Å². The predicted octanol–water partition coefficient (Wildman–Crippen LogP) is 3.03. The lowest BCUT2D eigenvalue weighted by molar-refractivity contribution is 0.0696. The van der Waals surface area contributed by atoms with Gasteiger partial charge in [0, 0.05) is 5.56 Å². The Morgan fingerprint density at radius 2 is 1.71 bits per heavy atom. The molecule has 0 amide bonds. The van der Waals surface area contributed by atoms with Gasteiger partial charge in [0.15, 0.2) is 0 Å². The third-order valence-electron chi connectivity index (χ3n) is 3.08. The molecule has 2 aromatic carbocycles. The third kappa shape index (κ3) is 2.81. The molecule has 0 bridgehead atoms. The van der Waals surface area contributed by atoms with Gasteiger partial charge in [-0.2, -0.15) is 0 Å². The molecule has 0 aliphatic carbocycles. The van der Waals surface area contributed by atoms with E-state index >= 15 is 0 Å². The van der Waals surface area contributed by atoms with Crippen molar-refractivity contribution in [2.24, 2.45) is 0 Å². The summed E-state index contributed by atoms with van der Waals surface area (Å²) in [7, 11) is 0. The monoisotopic (exact) mass is 280 g/mol. The molecule has 104 valence electrons. The highest BCUT2D eigenvalue weighted by Gasteiger charge is 2.13. The summed E-state index contributed by atoms with van der Waals surface area (Å²) in [4.78, 5) is 11.2. The first kappa shape index (κ1) is 13.1. The van der Waals surface area contributed by atoms with E-state index in [1.165, 1.54) is 0 Å². The van der Waals surface area contributed by atoms with Crippen molar-refractivity contribution in [1.29, 1.82) is 0 Å². The zero-order chi connectivity index (χ0) is 14.7. The van der Waals surface area contributed by atoms with Crippen molar-refractivity contribution in [3.05, 3.63) is 71.6 Å². The van der Waals surface area contributed by atoms with Crippen LogP contribution in [0.2, 0.25) is 0 Å². The van der Waals surface area contributed by atoms with Crippen LogP contribution in [-0.2, 0) is 6.42 Å². The fourth-order valence-corrected chi connectivity index (χ4v) is 2.07. The Kier molecular flexibility index (Phi) is 3.47. The fraction of sp³-hybridized carbons (Fsp3) is 0.0625. The van der Waals surface area contributed by atoms with E-state index in [-0.39, 0.29) is 5.56 Å². The molecular formula is C16H12N2O3. The van der Waals surface area contributed by atoms with Crippen molar-refractivity contribution in [1.82, 2.24) is 10.2 Å². The van der Waals surface area contributed by atoms with Gasteiger partial charge in [0.1, 0.15) is 0 Å². The minimum Gasteiger partial charge on any atom is -0.478 e. The lowest BCUT2D eigenvalue weighted by Crippen LogP contribution is -2.02. The summed E-state index contributed by atoms with van der Waals surface area (Å²) in [5.74, 6) is -0.144. The molecule has 21 heavy (non-hydrogen) atoms. The lowest BCUT2D eigenvalue weighted by atomic mass is 10.1. The van der Waals surface area contributed by atoms with E-state index in [1.54, 1.807) is 24.3 Å². The number of aromatic carboxylic acids is 1. The van der Waals surface area contributed by atoms with E-state index in [4.69, 9.17) is 9.52 Å². The number of carboxylic acid groups (broad SMARTS) is 1. The van der Waals surface area contributed by atoms with E-state index in [0.29, 0.717) is 23.8 Å². The molecule has 0 saturated heterocycles. The number of carbonyl (C=O) groups is 1. The molecule has 1 N–H and O–H groups in total. The Morgan fingerprint density at radius 3 is 2.48 bits per heavy atom. The van der Waals surface area contributed by atoms with E-state index in [2.05, 4.69) is 10.2 Å². The molecule has 0 unspecified atom stereocenters. The summed E-state index contributed by atoms with van der Waals surface area (Å²) in [6.07, 6.45) is 0.294. The van der Waals surface area contributed by atoms with Gasteiger partial charge in [-0.25, -0.2) is 4.79 Å². The largest absolute Gasteiger partial charge is 0.478 e. The average Bonchev–Trinajstić information content (AvgIpc) is 2.97. The second-order valence-corrected chi connectivity index (χ2v) is 4.51. The number of carboxylic acids is 1. The zero-order valence-electron chi connectivity index (χ0n) is 11.1. The minimum absolute atomic E-state index is 0.247. The standard InChI is InChI=1S/C16H12N2O3/c19-16(20)13-9-5-4-8-12(13)10-14-17-18-15(21-14)11-6-2-1-3-7-11/h1-9H,10H2,(H,19,20). The minimum atomic E-state index is -0.964. The molecule has 0 aliphatic rings. The summed E-state index contributed by atoms with van der Waals surface area (Å²) < 4.78 is 5.59. The number of hydrogen-bond donors (Lipinski definition) is 1. The normalized spacial score (nSPS) is 10.5. The predicted molar refractivity (Wildman–Crippen MR) is 75.9 cm³/mol. The quantitative estimate of drug-likeness (QED) is 0.795. The number of hydrogen-bond acceptors (Lipinski definition) is 4. The van der Waals surface area contributed by atoms with Crippen molar-refractivity contribution < 1.29 is 14.3 Å².